The number of hydrogen-bond donors (Lipinski definition) is 4. The van der Waals surface area contributed by atoms with E-state index < -0.39 is 12.1 Å². The van der Waals surface area contributed by atoms with Crippen LogP contribution in [0, 0.1) is 0 Å². The molecule has 6 nitrogen and oxygen atoms in total. The average Bonchev–Trinajstić information content (AvgIpc) is 2.51. The number of benzene rings is 2. The van der Waals surface area contributed by atoms with Crippen LogP contribution >= 0.6 is 23.2 Å². The molecule has 2 aromatic carbocycles. The molecule has 0 radical (unpaired) electrons. The van der Waals surface area contributed by atoms with Crippen LogP contribution in [-0.4, -0.2) is 12.1 Å². The third kappa shape index (κ3) is 6.20. The first-order valence-corrected chi connectivity index (χ1v) is 7.60. The summed E-state index contributed by atoms with van der Waals surface area (Å²) in [6.07, 6.45) is 2.58. The summed E-state index contributed by atoms with van der Waals surface area (Å²) in [5, 5.41) is 11.1. The number of hydrogen-bond acceptors (Lipinski definition) is 2. The van der Waals surface area contributed by atoms with Crippen LogP contribution in [0.25, 0.3) is 0 Å². The normalized spacial score (nSPS) is 10.2. The minimum Gasteiger partial charge on any atom is -0.313 e. The van der Waals surface area contributed by atoms with E-state index in [0.717, 1.165) is 0 Å². The Bertz CT molecular complexity index is 702. The highest BCUT2D eigenvalue weighted by atomic mass is 35.5. The molecule has 0 saturated carbocycles. The first kappa shape index (κ1) is 17.7. The molecule has 24 heavy (non-hydrogen) atoms. The number of anilines is 2. The van der Waals surface area contributed by atoms with E-state index in [-0.39, 0.29) is 0 Å². The second-order valence-electron chi connectivity index (χ2n) is 4.55. The van der Waals surface area contributed by atoms with Gasteiger partial charge in [0.25, 0.3) is 0 Å². The lowest BCUT2D eigenvalue weighted by Gasteiger charge is -2.06. The van der Waals surface area contributed by atoms with Gasteiger partial charge in [-0.15, -0.1) is 0 Å². The Morgan fingerprint density at radius 2 is 1.17 bits per heavy atom. The number of halogens is 2. The maximum atomic E-state index is 11.6. The quantitative estimate of drug-likeness (QED) is 0.647. The van der Waals surface area contributed by atoms with Gasteiger partial charge in [-0.05, 0) is 36.4 Å². The fourth-order valence-corrected chi connectivity index (χ4v) is 2.08. The molecule has 0 spiro atoms. The molecule has 2 rings (SSSR count). The van der Waals surface area contributed by atoms with E-state index in [1.54, 1.807) is 48.5 Å². The van der Waals surface area contributed by atoms with E-state index in [9.17, 15) is 9.59 Å². The van der Waals surface area contributed by atoms with Crippen molar-refractivity contribution in [2.24, 2.45) is 0 Å². The summed E-state index contributed by atoms with van der Waals surface area (Å²) < 4.78 is 0. The SMILES string of the molecule is O=C(N/C=C/NC(=O)Nc1cccc(Cl)c1)Nc1cccc(Cl)c1. The van der Waals surface area contributed by atoms with Crippen LogP contribution in [0.1, 0.15) is 0 Å². The summed E-state index contributed by atoms with van der Waals surface area (Å²) in [5.74, 6) is 0. The lowest BCUT2D eigenvalue weighted by Crippen LogP contribution is -2.27. The van der Waals surface area contributed by atoms with Crippen LogP contribution in [0.5, 0.6) is 0 Å². The molecule has 124 valence electrons. The zero-order valence-electron chi connectivity index (χ0n) is 12.3. The monoisotopic (exact) mass is 364 g/mol. The van der Waals surface area contributed by atoms with Crippen LogP contribution in [0.3, 0.4) is 0 Å². The molecule has 0 atom stereocenters. The molecule has 0 unspecified atom stereocenters. The van der Waals surface area contributed by atoms with Crippen molar-refractivity contribution >= 4 is 46.6 Å². The van der Waals surface area contributed by atoms with Gasteiger partial charge in [0.2, 0.25) is 0 Å². The van der Waals surface area contributed by atoms with Crippen molar-refractivity contribution in [2.75, 3.05) is 10.6 Å². The van der Waals surface area contributed by atoms with Gasteiger partial charge in [0, 0.05) is 33.8 Å². The molecule has 0 aliphatic carbocycles. The minimum absolute atomic E-state index is 0.467. The fourth-order valence-electron chi connectivity index (χ4n) is 1.70. The average molecular weight is 365 g/mol. The second-order valence-corrected chi connectivity index (χ2v) is 5.42. The van der Waals surface area contributed by atoms with Crippen molar-refractivity contribution in [3.05, 3.63) is 71.0 Å². The number of rotatable bonds is 4. The van der Waals surface area contributed by atoms with Crippen LogP contribution in [0.4, 0.5) is 21.0 Å². The molecule has 4 N–H and O–H groups in total. The van der Waals surface area contributed by atoms with Gasteiger partial charge in [-0.3, -0.25) is 0 Å². The lowest BCUT2D eigenvalue weighted by molar-refractivity contribution is 0.253. The molecule has 2 aromatic rings. The predicted molar refractivity (Wildman–Crippen MR) is 96.4 cm³/mol. The Kier molecular flexibility index (Phi) is 6.48. The molecule has 0 aliphatic rings. The van der Waals surface area contributed by atoms with E-state index in [0.29, 0.717) is 21.4 Å². The van der Waals surface area contributed by atoms with E-state index in [1.807, 2.05) is 0 Å². The molecular formula is C16H14Cl2N4O2. The summed E-state index contributed by atoms with van der Waals surface area (Å²) in [4.78, 5) is 23.3. The van der Waals surface area contributed by atoms with E-state index in [2.05, 4.69) is 21.3 Å². The Morgan fingerprint density at radius 1 is 0.750 bits per heavy atom. The van der Waals surface area contributed by atoms with E-state index >= 15 is 0 Å². The van der Waals surface area contributed by atoms with E-state index in [4.69, 9.17) is 23.2 Å². The minimum atomic E-state index is -0.467. The van der Waals surface area contributed by atoms with Gasteiger partial charge in [0.05, 0.1) is 0 Å². The van der Waals surface area contributed by atoms with Gasteiger partial charge in [-0.1, -0.05) is 35.3 Å². The Hall–Kier alpha value is -2.70. The summed E-state index contributed by atoms with van der Waals surface area (Å²) in [6.45, 7) is 0. The highest BCUT2D eigenvalue weighted by molar-refractivity contribution is 6.31. The summed E-state index contributed by atoms with van der Waals surface area (Å²) >= 11 is 11.6. The number of nitrogens with one attached hydrogen (secondary N) is 4. The molecule has 4 amide bonds. The third-order valence-corrected chi connectivity index (χ3v) is 3.15. The Balaban J connectivity index is 1.73. The van der Waals surface area contributed by atoms with Gasteiger partial charge in [-0.25, -0.2) is 9.59 Å². The standard InChI is InChI=1S/C16H14Cl2N4O2/c17-11-3-1-5-13(9-11)21-15(23)19-7-8-20-16(24)22-14-6-2-4-12(18)10-14/h1-10H,(H2,19,21,23)(H2,20,22,24)/b8-7+. The number of carbonyl (C=O) groups excluding carboxylic acids is 2. The summed E-state index contributed by atoms with van der Waals surface area (Å²) in [7, 11) is 0. The highest BCUT2D eigenvalue weighted by Gasteiger charge is 2.01. The fraction of sp³-hybridized carbons (Fsp3) is 0. The van der Waals surface area contributed by atoms with Crippen LogP contribution in [0.2, 0.25) is 10.0 Å². The van der Waals surface area contributed by atoms with Crippen molar-refractivity contribution in [3.63, 3.8) is 0 Å². The van der Waals surface area contributed by atoms with Crippen molar-refractivity contribution in [1.29, 1.82) is 0 Å². The topological polar surface area (TPSA) is 82.3 Å². The molecule has 0 aliphatic heterocycles. The molecular weight excluding hydrogens is 351 g/mol. The molecule has 0 heterocycles. The van der Waals surface area contributed by atoms with Crippen molar-refractivity contribution < 1.29 is 9.59 Å². The van der Waals surface area contributed by atoms with Gasteiger partial charge in [-0.2, -0.15) is 0 Å². The van der Waals surface area contributed by atoms with Crippen molar-refractivity contribution in [3.8, 4) is 0 Å². The number of amides is 4. The zero-order chi connectivity index (χ0) is 17.4. The highest BCUT2D eigenvalue weighted by Crippen LogP contribution is 2.15. The number of carbonyl (C=O) groups is 2. The molecule has 0 saturated heterocycles. The second kappa shape index (κ2) is 8.81. The Morgan fingerprint density at radius 3 is 1.54 bits per heavy atom. The number of urea groups is 2. The maximum Gasteiger partial charge on any atom is 0.323 e. The third-order valence-electron chi connectivity index (χ3n) is 2.68. The lowest BCUT2D eigenvalue weighted by atomic mass is 10.3. The first-order chi connectivity index (χ1) is 11.5. The van der Waals surface area contributed by atoms with E-state index in [1.165, 1.54) is 12.4 Å². The van der Waals surface area contributed by atoms with Crippen LogP contribution < -0.4 is 21.3 Å². The first-order valence-electron chi connectivity index (χ1n) is 6.84. The van der Waals surface area contributed by atoms with Gasteiger partial charge in [0.1, 0.15) is 0 Å². The smallest absolute Gasteiger partial charge is 0.313 e. The Labute approximate surface area is 148 Å². The van der Waals surface area contributed by atoms with Gasteiger partial charge in [0.15, 0.2) is 0 Å². The van der Waals surface area contributed by atoms with Crippen molar-refractivity contribution in [1.82, 2.24) is 10.6 Å². The van der Waals surface area contributed by atoms with Gasteiger partial charge >= 0.3 is 12.1 Å². The molecule has 0 fully saturated rings. The molecule has 0 bridgehead atoms. The predicted octanol–water partition coefficient (Wildman–Crippen LogP) is 4.41. The summed E-state index contributed by atoms with van der Waals surface area (Å²) in [6, 6.07) is 12.5. The molecule has 8 heteroatoms. The largest absolute Gasteiger partial charge is 0.323 e. The maximum absolute atomic E-state index is 11.6. The van der Waals surface area contributed by atoms with Crippen molar-refractivity contribution in [2.45, 2.75) is 0 Å². The van der Waals surface area contributed by atoms with Gasteiger partial charge < -0.3 is 21.3 Å². The summed E-state index contributed by atoms with van der Waals surface area (Å²) in [5.41, 5.74) is 1.11. The van der Waals surface area contributed by atoms with Crippen LogP contribution in [0.15, 0.2) is 60.9 Å². The molecule has 0 aromatic heterocycles. The van der Waals surface area contributed by atoms with Crippen LogP contribution in [-0.2, 0) is 0 Å². The zero-order valence-corrected chi connectivity index (χ0v) is 13.9.